The van der Waals surface area contributed by atoms with Crippen molar-refractivity contribution in [1.29, 1.82) is 0 Å². The van der Waals surface area contributed by atoms with Gasteiger partial charge < -0.3 is 0 Å². The number of aromatic nitrogens is 2. The summed E-state index contributed by atoms with van der Waals surface area (Å²) in [5.74, 6) is -2.20. The first-order valence-corrected chi connectivity index (χ1v) is 11.2. The Morgan fingerprint density at radius 1 is 1.06 bits per heavy atom. The predicted octanol–water partition coefficient (Wildman–Crippen LogP) is 4.31. The third kappa shape index (κ3) is 4.28. The van der Waals surface area contributed by atoms with E-state index in [0.717, 1.165) is 12.3 Å². The SMILES string of the molecule is CS(=O)(=O)NC(=O)c1ccc(-n2nc(-c3cccc(F)c3)c3cc(Cl)ccc32)c(F)c1. The van der Waals surface area contributed by atoms with Crippen molar-refractivity contribution in [3.05, 3.63) is 82.9 Å². The minimum atomic E-state index is -3.79. The first-order chi connectivity index (χ1) is 14.6. The maximum atomic E-state index is 14.9. The molecule has 0 fully saturated rings. The number of benzene rings is 3. The average molecular weight is 462 g/mol. The number of carbonyl (C=O) groups is 1. The molecule has 6 nitrogen and oxygen atoms in total. The molecule has 10 heteroatoms. The van der Waals surface area contributed by atoms with Gasteiger partial charge >= 0.3 is 0 Å². The highest BCUT2D eigenvalue weighted by Gasteiger charge is 2.19. The number of carbonyl (C=O) groups excluding carboxylic acids is 1. The molecule has 1 amide bonds. The molecule has 4 rings (SSSR count). The Balaban J connectivity index is 1.86. The van der Waals surface area contributed by atoms with Gasteiger partial charge in [0, 0.05) is 21.5 Å². The molecular formula is C21H14ClF2N3O3S. The Kier molecular flexibility index (Phi) is 5.24. The highest BCUT2D eigenvalue weighted by Crippen LogP contribution is 2.32. The maximum Gasteiger partial charge on any atom is 0.264 e. The van der Waals surface area contributed by atoms with E-state index in [2.05, 4.69) is 5.10 Å². The van der Waals surface area contributed by atoms with Crippen LogP contribution in [0.15, 0.2) is 60.7 Å². The number of rotatable bonds is 4. The molecular weight excluding hydrogens is 448 g/mol. The normalized spacial score (nSPS) is 11.6. The lowest BCUT2D eigenvalue weighted by Crippen LogP contribution is -2.29. The number of hydrogen-bond donors (Lipinski definition) is 1. The number of hydrogen-bond acceptors (Lipinski definition) is 4. The van der Waals surface area contributed by atoms with Crippen molar-refractivity contribution in [3.8, 4) is 16.9 Å². The zero-order valence-corrected chi connectivity index (χ0v) is 17.5. The van der Waals surface area contributed by atoms with E-state index >= 15 is 0 Å². The van der Waals surface area contributed by atoms with E-state index in [0.29, 0.717) is 27.2 Å². The van der Waals surface area contributed by atoms with E-state index in [1.165, 1.54) is 35.0 Å². The summed E-state index contributed by atoms with van der Waals surface area (Å²) in [6, 6.07) is 14.2. The maximum absolute atomic E-state index is 14.9. The molecule has 0 aliphatic rings. The molecule has 0 atom stereocenters. The molecule has 0 saturated heterocycles. The molecule has 0 spiro atoms. The van der Waals surface area contributed by atoms with E-state index in [1.807, 2.05) is 0 Å². The van der Waals surface area contributed by atoms with Gasteiger partial charge in [0.05, 0.1) is 11.8 Å². The molecule has 0 aliphatic carbocycles. The van der Waals surface area contributed by atoms with Gasteiger partial charge in [-0.15, -0.1) is 0 Å². The Bertz CT molecular complexity index is 1450. The lowest BCUT2D eigenvalue weighted by Gasteiger charge is -2.08. The fourth-order valence-corrected chi connectivity index (χ4v) is 3.80. The molecule has 1 aromatic heterocycles. The quantitative estimate of drug-likeness (QED) is 0.491. The summed E-state index contributed by atoms with van der Waals surface area (Å²) in [6.45, 7) is 0. The minimum Gasteiger partial charge on any atom is -0.268 e. The number of nitrogens with one attached hydrogen (secondary N) is 1. The van der Waals surface area contributed by atoms with Gasteiger partial charge in [0.25, 0.3) is 5.91 Å². The van der Waals surface area contributed by atoms with Crippen LogP contribution < -0.4 is 4.72 Å². The zero-order chi connectivity index (χ0) is 22.3. The van der Waals surface area contributed by atoms with Gasteiger partial charge in [-0.2, -0.15) is 5.10 Å². The van der Waals surface area contributed by atoms with Crippen LogP contribution in [0.3, 0.4) is 0 Å². The molecule has 0 bridgehead atoms. The lowest BCUT2D eigenvalue weighted by molar-refractivity contribution is 0.0981. The average Bonchev–Trinajstić information content (AvgIpc) is 3.05. The van der Waals surface area contributed by atoms with Gasteiger partial charge in [0.15, 0.2) is 0 Å². The van der Waals surface area contributed by atoms with E-state index in [4.69, 9.17) is 11.6 Å². The third-order valence-electron chi connectivity index (χ3n) is 4.46. The van der Waals surface area contributed by atoms with Gasteiger partial charge in [-0.3, -0.25) is 4.79 Å². The van der Waals surface area contributed by atoms with Crippen molar-refractivity contribution in [2.24, 2.45) is 0 Å². The summed E-state index contributed by atoms with van der Waals surface area (Å²) in [5.41, 5.74) is 1.24. The number of sulfonamides is 1. The van der Waals surface area contributed by atoms with Crippen molar-refractivity contribution in [2.75, 3.05) is 6.26 Å². The Labute approximate surface area is 181 Å². The standard InChI is InChI=1S/C21H14ClF2N3O3S/c1-31(29,30)26-21(28)13-5-7-19(17(24)10-13)27-18-8-6-14(22)11-16(18)20(25-27)12-3-2-4-15(23)9-12/h2-11H,1H3,(H,26,28). The van der Waals surface area contributed by atoms with Gasteiger partial charge in [0.1, 0.15) is 23.0 Å². The van der Waals surface area contributed by atoms with Crippen LogP contribution in [0.1, 0.15) is 10.4 Å². The highest BCUT2D eigenvalue weighted by atomic mass is 35.5. The first-order valence-electron chi connectivity index (χ1n) is 8.89. The van der Waals surface area contributed by atoms with Crippen LogP contribution in [0.2, 0.25) is 5.02 Å². The summed E-state index contributed by atoms with van der Waals surface area (Å²) >= 11 is 6.13. The summed E-state index contributed by atoms with van der Waals surface area (Å²) in [4.78, 5) is 12.0. The van der Waals surface area contributed by atoms with E-state index in [9.17, 15) is 22.0 Å². The molecule has 1 N–H and O–H groups in total. The number of amides is 1. The second-order valence-electron chi connectivity index (χ2n) is 6.80. The summed E-state index contributed by atoms with van der Waals surface area (Å²) in [7, 11) is -3.79. The van der Waals surface area contributed by atoms with Crippen molar-refractivity contribution in [2.45, 2.75) is 0 Å². The van der Waals surface area contributed by atoms with Crippen molar-refractivity contribution in [3.63, 3.8) is 0 Å². The van der Waals surface area contributed by atoms with Crippen molar-refractivity contribution < 1.29 is 22.0 Å². The van der Waals surface area contributed by atoms with Gasteiger partial charge in [-0.25, -0.2) is 26.6 Å². The Hall–Kier alpha value is -3.30. The lowest BCUT2D eigenvalue weighted by atomic mass is 10.1. The monoisotopic (exact) mass is 461 g/mol. The smallest absolute Gasteiger partial charge is 0.264 e. The number of halogens is 3. The van der Waals surface area contributed by atoms with Crippen molar-refractivity contribution in [1.82, 2.24) is 14.5 Å². The number of nitrogens with zero attached hydrogens (tertiary/aromatic N) is 2. The predicted molar refractivity (Wildman–Crippen MR) is 114 cm³/mol. The van der Waals surface area contributed by atoms with Crippen LogP contribution in [-0.2, 0) is 10.0 Å². The van der Waals surface area contributed by atoms with Gasteiger partial charge in [-0.1, -0.05) is 23.7 Å². The van der Waals surface area contributed by atoms with E-state index in [1.54, 1.807) is 29.0 Å². The van der Waals surface area contributed by atoms with Gasteiger partial charge in [0.2, 0.25) is 10.0 Å². The Morgan fingerprint density at radius 3 is 2.52 bits per heavy atom. The summed E-state index contributed by atoms with van der Waals surface area (Å²) in [5, 5.41) is 5.47. The fourth-order valence-electron chi connectivity index (χ4n) is 3.17. The van der Waals surface area contributed by atoms with Gasteiger partial charge in [-0.05, 0) is 48.5 Å². The van der Waals surface area contributed by atoms with Crippen LogP contribution in [0, 0.1) is 11.6 Å². The fraction of sp³-hybridized carbons (Fsp3) is 0.0476. The van der Waals surface area contributed by atoms with E-state index in [-0.39, 0.29) is 11.3 Å². The molecule has 3 aromatic carbocycles. The second-order valence-corrected chi connectivity index (χ2v) is 8.99. The molecule has 0 aliphatic heterocycles. The van der Waals surface area contributed by atoms with Crippen LogP contribution >= 0.6 is 11.6 Å². The summed E-state index contributed by atoms with van der Waals surface area (Å²) < 4.78 is 54.3. The van der Waals surface area contributed by atoms with Crippen LogP contribution in [0.25, 0.3) is 27.8 Å². The van der Waals surface area contributed by atoms with Crippen LogP contribution in [0.5, 0.6) is 0 Å². The zero-order valence-electron chi connectivity index (χ0n) is 15.9. The molecule has 0 saturated carbocycles. The van der Waals surface area contributed by atoms with Crippen LogP contribution in [-0.4, -0.2) is 30.4 Å². The molecule has 4 aromatic rings. The topological polar surface area (TPSA) is 81.1 Å². The minimum absolute atomic E-state index is 0.0193. The molecule has 31 heavy (non-hydrogen) atoms. The largest absolute Gasteiger partial charge is 0.268 e. The summed E-state index contributed by atoms with van der Waals surface area (Å²) in [6.07, 6.45) is 0.824. The molecule has 1 heterocycles. The third-order valence-corrected chi connectivity index (χ3v) is 5.25. The molecule has 0 radical (unpaired) electrons. The van der Waals surface area contributed by atoms with Crippen molar-refractivity contribution >= 4 is 38.4 Å². The second kappa shape index (κ2) is 7.75. The highest BCUT2D eigenvalue weighted by molar-refractivity contribution is 7.89. The first kappa shape index (κ1) is 21.0. The Morgan fingerprint density at radius 2 is 1.84 bits per heavy atom. The number of fused-ring (bicyclic) bond motifs is 1. The van der Waals surface area contributed by atoms with Crippen LogP contribution in [0.4, 0.5) is 8.78 Å². The van der Waals surface area contributed by atoms with E-state index < -0.39 is 27.6 Å². The molecule has 0 unspecified atom stereocenters. The molecule has 158 valence electrons.